The molecule has 0 radical (unpaired) electrons. The lowest BCUT2D eigenvalue weighted by Gasteiger charge is -2.17. The predicted molar refractivity (Wildman–Crippen MR) is 108 cm³/mol. The summed E-state index contributed by atoms with van der Waals surface area (Å²) < 4.78 is 1.70. The van der Waals surface area contributed by atoms with Crippen molar-refractivity contribution in [2.45, 2.75) is 13.3 Å². The van der Waals surface area contributed by atoms with Gasteiger partial charge in [0.05, 0.1) is 16.8 Å². The molecular weight excluding hydrogens is 352 g/mol. The molecule has 4 aromatic rings. The minimum atomic E-state index is -0.289. The summed E-state index contributed by atoms with van der Waals surface area (Å²) in [6, 6.07) is 17.4. The molecular formula is C22H18N4O2. The number of carbonyl (C=O) groups excluding carboxylic acids is 1. The van der Waals surface area contributed by atoms with Gasteiger partial charge in [-0.2, -0.15) is 5.10 Å². The number of aryl methyl sites for hydroxylation is 1. The van der Waals surface area contributed by atoms with Gasteiger partial charge in [-0.25, -0.2) is 4.68 Å². The second-order valence-corrected chi connectivity index (χ2v) is 6.92. The molecule has 0 atom stereocenters. The van der Waals surface area contributed by atoms with Crippen LogP contribution in [0.2, 0.25) is 0 Å². The molecule has 0 saturated carbocycles. The first-order valence-electron chi connectivity index (χ1n) is 9.21. The van der Waals surface area contributed by atoms with Crippen LogP contribution in [0.25, 0.3) is 16.7 Å². The van der Waals surface area contributed by atoms with Gasteiger partial charge in [-0.1, -0.05) is 36.4 Å². The van der Waals surface area contributed by atoms with Crippen LogP contribution in [0.1, 0.15) is 21.6 Å². The third-order valence-electron chi connectivity index (χ3n) is 5.25. The number of rotatable bonds is 2. The maximum atomic E-state index is 13.2. The number of aromatic nitrogens is 3. The number of hydrogen-bond donors (Lipinski definition) is 1. The highest BCUT2D eigenvalue weighted by molar-refractivity contribution is 6.08. The lowest BCUT2D eigenvalue weighted by molar-refractivity contribution is 0.0988. The smallest absolute Gasteiger partial charge is 0.263 e. The molecule has 0 unspecified atom stereocenters. The summed E-state index contributed by atoms with van der Waals surface area (Å²) in [5, 5.41) is 4.96. The van der Waals surface area contributed by atoms with E-state index in [9.17, 15) is 9.59 Å². The molecule has 6 nitrogen and oxygen atoms in total. The summed E-state index contributed by atoms with van der Waals surface area (Å²) in [5.41, 5.74) is 3.89. The molecule has 1 aliphatic heterocycles. The Hall–Kier alpha value is -3.67. The van der Waals surface area contributed by atoms with Crippen molar-refractivity contribution in [3.05, 3.63) is 87.8 Å². The minimum absolute atomic E-state index is 0.139. The molecule has 6 heteroatoms. The number of amides is 1. The lowest BCUT2D eigenvalue weighted by Crippen LogP contribution is -2.33. The van der Waals surface area contributed by atoms with Crippen LogP contribution in [0, 0.1) is 6.92 Å². The zero-order valence-corrected chi connectivity index (χ0v) is 15.3. The van der Waals surface area contributed by atoms with E-state index >= 15 is 0 Å². The number of aromatic amines is 1. The van der Waals surface area contributed by atoms with Gasteiger partial charge in [-0.15, -0.1) is 0 Å². The fourth-order valence-corrected chi connectivity index (χ4v) is 3.88. The van der Waals surface area contributed by atoms with E-state index in [4.69, 9.17) is 0 Å². The molecule has 28 heavy (non-hydrogen) atoms. The monoisotopic (exact) mass is 370 g/mol. The number of para-hydroxylation sites is 2. The Morgan fingerprint density at radius 3 is 2.64 bits per heavy atom. The summed E-state index contributed by atoms with van der Waals surface area (Å²) >= 11 is 0. The second kappa shape index (κ2) is 6.20. The van der Waals surface area contributed by atoms with E-state index in [-0.39, 0.29) is 16.9 Å². The number of fused-ring (bicyclic) bond motifs is 2. The molecule has 138 valence electrons. The molecule has 2 aromatic carbocycles. The van der Waals surface area contributed by atoms with Gasteiger partial charge in [0.25, 0.3) is 5.91 Å². The molecule has 1 N–H and O–H groups in total. The predicted octanol–water partition coefficient (Wildman–Crippen LogP) is 3.23. The van der Waals surface area contributed by atoms with Crippen LogP contribution in [-0.4, -0.2) is 27.2 Å². The van der Waals surface area contributed by atoms with Gasteiger partial charge in [0.2, 0.25) is 5.43 Å². The Morgan fingerprint density at radius 2 is 1.82 bits per heavy atom. The lowest BCUT2D eigenvalue weighted by atomic mass is 10.1. The first-order chi connectivity index (χ1) is 13.6. The Balaban J connectivity index is 1.63. The van der Waals surface area contributed by atoms with E-state index in [1.54, 1.807) is 16.5 Å². The largest absolute Gasteiger partial charge is 0.345 e. The number of carbonyl (C=O) groups is 1. The Bertz CT molecular complexity index is 1270. The van der Waals surface area contributed by atoms with Crippen molar-refractivity contribution in [1.29, 1.82) is 0 Å². The number of H-pyrrole nitrogens is 1. The van der Waals surface area contributed by atoms with E-state index in [0.717, 1.165) is 23.4 Å². The Morgan fingerprint density at radius 1 is 1.07 bits per heavy atom. The molecule has 0 aliphatic carbocycles. The number of benzene rings is 2. The van der Waals surface area contributed by atoms with Gasteiger partial charge < -0.3 is 9.88 Å². The quantitative estimate of drug-likeness (QED) is 0.589. The van der Waals surface area contributed by atoms with Crippen molar-refractivity contribution >= 4 is 22.6 Å². The van der Waals surface area contributed by atoms with E-state index in [0.29, 0.717) is 23.3 Å². The molecule has 0 saturated heterocycles. The first-order valence-corrected chi connectivity index (χ1v) is 9.21. The van der Waals surface area contributed by atoms with E-state index in [1.807, 2.05) is 54.6 Å². The topological polar surface area (TPSA) is 71.0 Å². The maximum absolute atomic E-state index is 13.2. The van der Waals surface area contributed by atoms with Crippen LogP contribution in [0.3, 0.4) is 0 Å². The van der Waals surface area contributed by atoms with Crippen LogP contribution in [0.4, 0.5) is 5.69 Å². The van der Waals surface area contributed by atoms with E-state index in [2.05, 4.69) is 10.1 Å². The van der Waals surface area contributed by atoms with Gasteiger partial charge in [0, 0.05) is 18.4 Å². The molecule has 0 bridgehead atoms. The molecule has 3 heterocycles. The zero-order chi connectivity index (χ0) is 19.3. The summed E-state index contributed by atoms with van der Waals surface area (Å²) in [6.07, 6.45) is 2.31. The highest BCUT2D eigenvalue weighted by atomic mass is 16.2. The normalized spacial score (nSPS) is 13.1. The average Bonchev–Trinajstić information content (AvgIpc) is 3.30. The summed E-state index contributed by atoms with van der Waals surface area (Å²) in [6.45, 7) is 2.37. The van der Waals surface area contributed by atoms with E-state index in [1.165, 1.54) is 6.20 Å². The second-order valence-electron chi connectivity index (χ2n) is 6.92. The molecule has 1 amide bonds. The third-order valence-corrected chi connectivity index (χ3v) is 5.25. The molecule has 5 rings (SSSR count). The van der Waals surface area contributed by atoms with Crippen LogP contribution < -0.4 is 10.3 Å². The summed E-state index contributed by atoms with van der Waals surface area (Å²) in [4.78, 5) is 31.1. The van der Waals surface area contributed by atoms with Crippen molar-refractivity contribution in [2.24, 2.45) is 0 Å². The maximum Gasteiger partial charge on any atom is 0.263 e. The Kier molecular flexibility index (Phi) is 3.65. The van der Waals surface area contributed by atoms with Crippen molar-refractivity contribution in [3.8, 4) is 5.69 Å². The zero-order valence-electron chi connectivity index (χ0n) is 15.3. The number of hydrogen-bond acceptors (Lipinski definition) is 3. The summed E-state index contributed by atoms with van der Waals surface area (Å²) in [5.74, 6) is -0.278. The van der Waals surface area contributed by atoms with Crippen LogP contribution in [-0.2, 0) is 6.42 Å². The number of anilines is 1. The molecule has 1 aliphatic rings. The van der Waals surface area contributed by atoms with Crippen molar-refractivity contribution in [3.63, 3.8) is 0 Å². The average molecular weight is 370 g/mol. The van der Waals surface area contributed by atoms with Crippen molar-refractivity contribution < 1.29 is 4.79 Å². The van der Waals surface area contributed by atoms with Crippen molar-refractivity contribution in [1.82, 2.24) is 14.8 Å². The van der Waals surface area contributed by atoms with Gasteiger partial charge in [-0.05, 0) is 37.1 Å². The van der Waals surface area contributed by atoms with Gasteiger partial charge in [0.15, 0.2) is 0 Å². The summed E-state index contributed by atoms with van der Waals surface area (Å²) in [7, 11) is 0. The van der Waals surface area contributed by atoms with Gasteiger partial charge in [-0.3, -0.25) is 9.59 Å². The van der Waals surface area contributed by atoms with Crippen molar-refractivity contribution in [2.75, 3.05) is 11.4 Å². The first kappa shape index (κ1) is 16.5. The standard InChI is InChI=1S/C22H18N4O2/c1-14-19-20(27)17(22(28)25-12-11-15-7-5-6-10-18(15)25)13-23-21(19)26(24-14)16-8-3-2-4-9-16/h2-10,13H,11-12H2,1H3,(H,23,27). The number of pyridine rings is 1. The third kappa shape index (κ3) is 2.38. The fraction of sp³-hybridized carbons (Fsp3) is 0.136. The fourth-order valence-electron chi connectivity index (χ4n) is 3.88. The highest BCUT2D eigenvalue weighted by Gasteiger charge is 2.28. The van der Waals surface area contributed by atoms with Crippen LogP contribution >= 0.6 is 0 Å². The number of nitrogens with one attached hydrogen (secondary N) is 1. The molecule has 2 aromatic heterocycles. The van der Waals surface area contributed by atoms with Crippen LogP contribution in [0.5, 0.6) is 0 Å². The number of nitrogens with zero attached hydrogens (tertiary/aromatic N) is 3. The minimum Gasteiger partial charge on any atom is -0.345 e. The SMILES string of the molecule is Cc1nn(-c2ccccc2)c2[nH]cc(C(=O)N3CCc4ccccc43)c(=O)c12. The highest BCUT2D eigenvalue weighted by Crippen LogP contribution is 2.28. The van der Waals surface area contributed by atoms with E-state index < -0.39 is 0 Å². The van der Waals surface area contributed by atoms with Gasteiger partial charge in [0.1, 0.15) is 11.2 Å². The molecule has 0 fully saturated rings. The van der Waals surface area contributed by atoms with Crippen LogP contribution in [0.15, 0.2) is 65.6 Å². The molecule has 0 spiro atoms. The Labute approximate surface area is 161 Å². The van der Waals surface area contributed by atoms with Gasteiger partial charge >= 0.3 is 0 Å².